The summed E-state index contributed by atoms with van der Waals surface area (Å²) in [5.41, 5.74) is 7.53. The first kappa shape index (κ1) is 20.7. The zero-order valence-corrected chi connectivity index (χ0v) is 18.3. The van der Waals surface area contributed by atoms with Gasteiger partial charge in [-0.3, -0.25) is 14.2 Å². The number of nitrogens with one attached hydrogen (secondary N) is 1. The predicted molar refractivity (Wildman–Crippen MR) is 128 cm³/mol. The molecule has 0 saturated carbocycles. The first-order chi connectivity index (χ1) is 16.0. The lowest BCUT2D eigenvalue weighted by molar-refractivity contribution is 0.0941. The molecular formula is C24H19ClN6O2. The zero-order valence-electron chi connectivity index (χ0n) is 17.6. The monoisotopic (exact) mass is 458 g/mol. The van der Waals surface area contributed by atoms with Crippen LogP contribution in [0.2, 0.25) is 5.02 Å². The highest BCUT2D eigenvalue weighted by molar-refractivity contribution is 6.35. The molecule has 5 rings (SSSR count). The van der Waals surface area contributed by atoms with E-state index in [9.17, 15) is 9.59 Å². The number of carbonyl (C=O) groups excluding carboxylic acids is 1. The molecule has 2 aromatic carbocycles. The molecule has 3 N–H and O–H groups in total. The van der Waals surface area contributed by atoms with E-state index in [4.69, 9.17) is 17.3 Å². The van der Waals surface area contributed by atoms with Crippen LogP contribution in [0.15, 0.2) is 77.9 Å². The summed E-state index contributed by atoms with van der Waals surface area (Å²) in [4.78, 5) is 30.9. The molecule has 0 radical (unpaired) electrons. The second kappa shape index (κ2) is 8.07. The van der Waals surface area contributed by atoms with E-state index >= 15 is 0 Å². The minimum atomic E-state index is -0.549. The van der Waals surface area contributed by atoms with Crippen LogP contribution in [0.4, 0.5) is 5.82 Å². The Labute approximate surface area is 193 Å². The summed E-state index contributed by atoms with van der Waals surface area (Å²) in [7, 11) is 0. The van der Waals surface area contributed by atoms with Crippen molar-refractivity contribution >= 4 is 39.7 Å². The van der Waals surface area contributed by atoms with E-state index in [1.807, 2.05) is 42.5 Å². The molecule has 9 heteroatoms. The highest BCUT2D eigenvalue weighted by Crippen LogP contribution is 2.26. The standard InChI is InChI=1S/C24H19ClN6O2/c1-14(28-23(32)20-21(26)29-30-12-6-11-27-22(20)30)18-13-15-7-5-10-17(25)19(15)24(33)31(18)16-8-3-2-4-9-16/h2-14H,1H3,(H2,26,29)(H,28,32). The molecule has 164 valence electrons. The second-order valence-electron chi connectivity index (χ2n) is 7.59. The van der Waals surface area contributed by atoms with Crippen molar-refractivity contribution in [3.05, 3.63) is 99.7 Å². The highest BCUT2D eigenvalue weighted by Gasteiger charge is 2.23. The molecule has 3 heterocycles. The van der Waals surface area contributed by atoms with Gasteiger partial charge in [0.05, 0.1) is 16.5 Å². The molecule has 0 spiro atoms. The number of amides is 1. The number of nitrogen functional groups attached to an aromatic ring is 1. The fourth-order valence-corrected chi connectivity index (χ4v) is 4.23. The van der Waals surface area contributed by atoms with Crippen LogP contribution in [0.5, 0.6) is 0 Å². The third-order valence-electron chi connectivity index (χ3n) is 5.48. The van der Waals surface area contributed by atoms with Crippen LogP contribution in [0, 0.1) is 0 Å². The summed E-state index contributed by atoms with van der Waals surface area (Å²) in [5, 5.41) is 8.57. The molecule has 1 unspecified atom stereocenters. The van der Waals surface area contributed by atoms with Crippen molar-refractivity contribution in [2.75, 3.05) is 5.73 Å². The predicted octanol–water partition coefficient (Wildman–Crippen LogP) is 3.76. The van der Waals surface area contributed by atoms with Gasteiger partial charge in [-0.15, -0.1) is 5.10 Å². The van der Waals surface area contributed by atoms with E-state index in [0.717, 1.165) is 0 Å². The van der Waals surface area contributed by atoms with Crippen LogP contribution in [0.25, 0.3) is 22.1 Å². The van der Waals surface area contributed by atoms with Crippen molar-refractivity contribution in [1.82, 2.24) is 24.5 Å². The van der Waals surface area contributed by atoms with E-state index in [-0.39, 0.29) is 16.9 Å². The summed E-state index contributed by atoms with van der Waals surface area (Å²) >= 11 is 6.37. The molecule has 3 aromatic heterocycles. The van der Waals surface area contributed by atoms with Crippen LogP contribution < -0.4 is 16.6 Å². The number of fused-ring (bicyclic) bond motifs is 2. The molecule has 0 bridgehead atoms. The number of para-hydroxylation sites is 1. The minimum Gasteiger partial charge on any atom is -0.381 e. The Hall–Kier alpha value is -4.17. The average Bonchev–Trinajstić information content (AvgIpc) is 3.15. The van der Waals surface area contributed by atoms with E-state index in [1.165, 1.54) is 4.52 Å². The maximum atomic E-state index is 13.5. The first-order valence-corrected chi connectivity index (χ1v) is 10.6. The van der Waals surface area contributed by atoms with Gasteiger partial charge in [0.1, 0.15) is 5.56 Å². The fourth-order valence-electron chi connectivity index (χ4n) is 3.97. The lowest BCUT2D eigenvalue weighted by Gasteiger charge is -2.21. The number of nitrogens with zero attached hydrogens (tertiary/aromatic N) is 4. The third-order valence-corrected chi connectivity index (χ3v) is 5.79. The number of hydrogen-bond donors (Lipinski definition) is 2. The Kier molecular flexibility index (Phi) is 5.07. The number of pyridine rings is 1. The number of carbonyl (C=O) groups is 1. The van der Waals surface area contributed by atoms with Crippen LogP contribution in [-0.4, -0.2) is 25.1 Å². The smallest absolute Gasteiger partial charge is 0.264 e. The summed E-state index contributed by atoms with van der Waals surface area (Å²) in [5.74, 6) is -0.365. The Bertz CT molecular complexity index is 1580. The topological polar surface area (TPSA) is 107 Å². The molecule has 0 saturated heterocycles. The molecule has 1 atom stereocenters. The molecule has 0 fully saturated rings. The maximum absolute atomic E-state index is 13.5. The van der Waals surface area contributed by atoms with Gasteiger partial charge in [0.15, 0.2) is 11.5 Å². The second-order valence-corrected chi connectivity index (χ2v) is 8.00. The SMILES string of the molecule is CC(NC(=O)c1c(N)nn2cccnc12)c1cc2cccc(Cl)c2c(=O)n1-c1ccccc1. The molecule has 1 amide bonds. The highest BCUT2D eigenvalue weighted by atomic mass is 35.5. The van der Waals surface area contributed by atoms with Gasteiger partial charge in [-0.1, -0.05) is 41.9 Å². The molecule has 0 aliphatic heterocycles. The molecule has 0 aliphatic carbocycles. The van der Waals surface area contributed by atoms with Gasteiger partial charge in [-0.2, -0.15) is 0 Å². The van der Waals surface area contributed by atoms with Crippen LogP contribution in [0.1, 0.15) is 29.0 Å². The summed E-state index contributed by atoms with van der Waals surface area (Å²) in [6, 6.07) is 17.5. The van der Waals surface area contributed by atoms with Gasteiger partial charge >= 0.3 is 0 Å². The van der Waals surface area contributed by atoms with Crippen molar-refractivity contribution in [2.45, 2.75) is 13.0 Å². The number of nitrogens with two attached hydrogens (primary N) is 1. The van der Waals surface area contributed by atoms with Gasteiger partial charge in [0, 0.05) is 23.8 Å². The lowest BCUT2D eigenvalue weighted by atomic mass is 10.1. The number of aromatic nitrogens is 4. The van der Waals surface area contributed by atoms with E-state index in [0.29, 0.717) is 32.8 Å². The Morgan fingerprint density at radius 1 is 1.12 bits per heavy atom. The Morgan fingerprint density at radius 3 is 2.70 bits per heavy atom. The number of hydrogen-bond acceptors (Lipinski definition) is 5. The minimum absolute atomic E-state index is 0.0733. The molecular weight excluding hydrogens is 440 g/mol. The van der Waals surface area contributed by atoms with E-state index < -0.39 is 11.9 Å². The quantitative estimate of drug-likeness (QED) is 0.426. The Morgan fingerprint density at radius 2 is 1.91 bits per heavy atom. The lowest BCUT2D eigenvalue weighted by Crippen LogP contribution is -2.32. The normalized spacial score (nSPS) is 12.2. The Balaban J connectivity index is 1.64. The summed E-state index contributed by atoms with van der Waals surface area (Å²) in [6.45, 7) is 1.80. The number of anilines is 1. The van der Waals surface area contributed by atoms with E-state index in [1.54, 1.807) is 42.1 Å². The first-order valence-electron chi connectivity index (χ1n) is 10.2. The van der Waals surface area contributed by atoms with Crippen molar-refractivity contribution < 1.29 is 4.79 Å². The van der Waals surface area contributed by atoms with Crippen LogP contribution in [-0.2, 0) is 0 Å². The molecule has 0 aliphatic rings. The number of rotatable bonds is 4. The summed E-state index contributed by atoms with van der Waals surface area (Å²) in [6.07, 6.45) is 3.23. The molecule has 5 aromatic rings. The van der Waals surface area contributed by atoms with Gasteiger partial charge in [0.25, 0.3) is 11.5 Å². The average molecular weight is 459 g/mol. The van der Waals surface area contributed by atoms with Crippen molar-refractivity contribution in [3.8, 4) is 5.69 Å². The van der Waals surface area contributed by atoms with E-state index in [2.05, 4.69) is 15.4 Å². The fraction of sp³-hybridized carbons (Fsp3) is 0.0833. The van der Waals surface area contributed by atoms with Gasteiger partial charge in [-0.05, 0) is 42.6 Å². The van der Waals surface area contributed by atoms with Crippen molar-refractivity contribution in [1.29, 1.82) is 0 Å². The third kappa shape index (κ3) is 3.50. The molecule has 8 nitrogen and oxygen atoms in total. The number of halogens is 1. The van der Waals surface area contributed by atoms with Gasteiger partial charge in [0.2, 0.25) is 0 Å². The van der Waals surface area contributed by atoms with Gasteiger partial charge < -0.3 is 11.1 Å². The van der Waals surface area contributed by atoms with Gasteiger partial charge in [-0.25, -0.2) is 9.50 Å². The maximum Gasteiger partial charge on any atom is 0.264 e. The van der Waals surface area contributed by atoms with Crippen molar-refractivity contribution in [3.63, 3.8) is 0 Å². The van der Waals surface area contributed by atoms with Crippen LogP contribution in [0.3, 0.4) is 0 Å². The molecule has 33 heavy (non-hydrogen) atoms. The van der Waals surface area contributed by atoms with Crippen LogP contribution >= 0.6 is 11.6 Å². The number of benzene rings is 2. The zero-order chi connectivity index (χ0) is 23.1. The van der Waals surface area contributed by atoms with Crippen molar-refractivity contribution in [2.24, 2.45) is 0 Å². The largest absolute Gasteiger partial charge is 0.381 e. The summed E-state index contributed by atoms with van der Waals surface area (Å²) < 4.78 is 3.02.